The van der Waals surface area contributed by atoms with E-state index in [0.717, 1.165) is 17.8 Å². The van der Waals surface area contributed by atoms with Crippen molar-refractivity contribution >= 4 is 35.8 Å². The van der Waals surface area contributed by atoms with Crippen LogP contribution < -0.4 is 16.0 Å². The Hall–Kier alpha value is -2.10. The van der Waals surface area contributed by atoms with Crippen molar-refractivity contribution in [1.29, 1.82) is 0 Å². The molecule has 0 saturated heterocycles. The normalized spacial score (nSPS) is 11.5. The monoisotopic (exact) mass is 484 g/mol. The number of hydrogen-bond acceptors (Lipinski definition) is 3. The van der Waals surface area contributed by atoms with Crippen LogP contribution in [-0.4, -0.2) is 40.3 Å². The molecule has 1 heterocycles. The average Bonchev–Trinajstić information content (AvgIpc) is 3.05. The summed E-state index contributed by atoms with van der Waals surface area (Å²) in [7, 11) is 0. The lowest BCUT2D eigenvalue weighted by molar-refractivity contribution is -0.121. The van der Waals surface area contributed by atoms with Crippen molar-refractivity contribution in [1.82, 2.24) is 25.7 Å². The Morgan fingerprint density at radius 3 is 2.52 bits per heavy atom. The van der Waals surface area contributed by atoms with Gasteiger partial charge < -0.3 is 16.0 Å². The Bertz CT molecular complexity index is 736. The van der Waals surface area contributed by atoms with Crippen molar-refractivity contribution in [2.24, 2.45) is 4.99 Å². The van der Waals surface area contributed by atoms with Gasteiger partial charge in [-0.3, -0.25) is 4.79 Å². The lowest BCUT2D eigenvalue weighted by Crippen LogP contribution is -2.48. The lowest BCUT2D eigenvalue weighted by Gasteiger charge is -2.21. The van der Waals surface area contributed by atoms with Crippen molar-refractivity contribution in [3.05, 3.63) is 48.3 Å². The first-order chi connectivity index (χ1) is 12.4. The van der Waals surface area contributed by atoms with Crippen molar-refractivity contribution in [2.45, 2.75) is 39.8 Å². The van der Waals surface area contributed by atoms with Gasteiger partial charge in [0.25, 0.3) is 0 Å². The van der Waals surface area contributed by atoms with Gasteiger partial charge in [0.2, 0.25) is 5.91 Å². The van der Waals surface area contributed by atoms with E-state index >= 15 is 0 Å². The van der Waals surface area contributed by atoms with E-state index in [1.54, 1.807) is 6.20 Å². The van der Waals surface area contributed by atoms with Gasteiger partial charge in [-0.2, -0.15) is 5.10 Å². The van der Waals surface area contributed by atoms with Gasteiger partial charge >= 0.3 is 0 Å². The third kappa shape index (κ3) is 8.42. The SMILES string of the molecule is CCNC(=NCc1cnn(-c2ccccc2)c1)NCC(=O)NC(C)(C)C.I. The number of aliphatic imine (C=N–C) groups is 1. The summed E-state index contributed by atoms with van der Waals surface area (Å²) in [4.78, 5) is 16.5. The number of nitrogens with zero attached hydrogens (tertiary/aromatic N) is 3. The smallest absolute Gasteiger partial charge is 0.239 e. The predicted molar refractivity (Wildman–Crippen MR) is 120 cm³/mol. The number of hydrogen-bond donors (Lipinski definition) is 3. The minimum Gasteiger partial charge on any atom is -0.357 e. The summed E-state index contributed by atoms with van der Waals surface area (Å²) >= 11 is 0. The van der Waals surface area contributed by atoms with Crippen LogP contribution >= 0.6 is 24.0 Å². The second-order valence-corrected chi connectivity index (χ2v) is 6.98. The number of carbonyl (C=O) groups excluding carboxylic acids is 1. The summed E-state index contributed by atoms with van der Waals surface area (Å²) in [5.74, 6) is 0.532. The fourth-order valence-electron chi connectivity index (χ4n) is 2.30. The zero-order chi connectivity index (χ0) is 19.0. The Labute approximate surface area is 178 Å². The van der Waals surface area contributed by atoms with Crippen molar-refractivity contribution in [3.8, 4) is 5.69 Å². The summed E-state index contributed by atoms with van der Waals surface area (Å²) in [6.45, 7) is 9.21. The van der Waals surface area contributed by atoms with Crippen molar-refractivity contribution < 1.29 is 4.79 Å². The van der Waals surface area contributed by atoms with E-state index in [1.807, 2.05) is 68.9 Å². The van der Waals surface area contributed by atoms with Gasteiger partial charge in [-0.15, -0.1) is 24.0 Å². The molecule has 0 bridgehead atoms. The number of amides is 1. The average molecular weight is 484 g/mol. The van der Waals surface area contributed by atoms with Crippen LogP contribution in [0.25, 0.3) is 5.69 Å². The molecule has 1 amide bonds. The highest BCUT2D eigenvalue weighted by Gasteiger charge is 2.13. The molecular formula is C19H29IN6O. The number of benzene rings is 1. The minimum absolute atomic E-state index is 0. The summed E-state index contributed by atoms with van der Waals surface area (Å²) < 4.78 is 1.82. The molecule has 0 fully saturated rings. The molecule has 8 heteroatoms. The molecule has 1 aromatic heterocycles. The molecular weight excluding hydrogens is 455 g/mol. The van der Waals surface area contributed by atoms with E-state index in [0.29, 0.717) is 12.5 Å². The van der Waals surface area contributed by atoms with Gasteiger partial charge in [0.15, 0.2) is 5.96 Å². The highest BCUT2D eigenvalue weighted by molar-refractivity contribution is 14.0. The van der Waals surface area contributed by atoms with E-state index in [2.05, 4.69) is 26.0 Å². The van der Waals surface area contributed by atoms with Crippen molar-refractivity contribution in [2.75, 3.05) is 13.1 Å². The first-order valence-electron chi connectivity index (χ1n) is 8.79. The maximum absolute atomic E-state index is 11.9. The van der Waals surface area contributed by atoms with Gasteiger partial charge in [0.1, 0.15) is 0 Å². The van der Waals surface area contributed by atoms with E-state index in [1.165, 1.54) is 0 Å². The second kappa shape index (κ2) is 10.9. The molecule has 1 aromatic carbocycles. The molecule has 0 spiro atoms. The predicted octanol–water partition coefficient (Wildman–Crippen LogP) is 2.46. The quantitative estimate of drug-likeness (QED) is 0.334. The Kier molecular flexibility index (Phi) is 9.27. The van der Waals surface area contributed by atoms with Gasteiger partial charge in [-0.1, -0.05) is 18.2 Å². The molecule has 0 aliphatic carbocycles. The fraction of sp³-hybridized carbons (Fsp3) is 0.421. The Morgan fingerprint density at radius 1 is 1.19 bits per heavy atom. The summed E-state index contributed by atoms with van der Waals surface area (Å²) in [5.41, 5.74) is 1.75. The number of carbonyl (C=O) groups is 1. The van der Waals surface area contributed by atoms with Crippen LogP contribution in [-0.2, 0) is 11.3 Å². The van der Waals surface area contributed by atoms with Crippen LogP contribution in [0.1, 0.15) is 33.3 Å². The molecule has 0 aliphatic rings. The zero-order valence-electron chi connectivity index (χ0n) is 16.3. The van der Waals surface area contributed by atoms with Crippen LogP contribution in [0.2, 0.25) is 0 Å². The molecule has 148 valence electrons. The van der Waals surface area contributed by atoms with Gasteiger partial charge in [-0.05, 0) is 39.8 Å². The number of rotatable bonds is 6. The van der Waals surface area contributed by atoms with Gasteiger partial charge in [0.05, 0.1) is 25.0 Å². The van der Waals surface area contributed by atoms with E-state index in [-0.39, 0.29) is 42.0 Å². The number of para-hydroxylation sites is 1. The highest BCUT2D eigenvalue weighted by Crippen LogP contribution is 2.08. The molecule has 0 atom stereocenters. The summed E-state index contributed by atoms with van der Waals surface area (Å²) in [6, 6.07) is 9.93. The Morgan fingerprint density at radius 2 is 1.89 bits per heavy atom. The largest absolute Gasteiger partial charge is 0.357 e. The van der Waals surface area contributed by atoms with Gasteiger partial charge in [-0.25, -0.2) is 9.67 Å². The minimum atomic E-state index is -0.250. The first-order valence-corrected chi connectivity index (χ1v) is 8.79. The van der Waals surface area contributed by atoms with Crippen LogP contribution in [0, 0.1) is 0 Å². The maximum atomic E-state index is 11.9. The number of guanidine groups is 1. The third-order valence-electron chi connectivity index (χ3n) is 3.35. The van der Waals surface area contributed by atoms with E-state index < -0.39 is 0 Å². The molecule has 27 heavy (non-hydrogen) atoms. The number of aromatic nitrogens is 2. The fourth-order valence-corrected chi connectivity index (χ4v) is 2.30. The van der Waals surface area contributed by atoms with E-state index in [4.69, 9.17) is 0 Å². The summed E-state index contributed by atoms with van der Waals surface area (Å²) in [6.07, 6.45) is 3.75. The zero-order valence-corrected chi connectivity index (χ0v) is 18.7. The lowest BCUT2D eigenvalue weighted by atomic mass is 10.1. The standard InChI is InChI=1S/C19H28N6O.HI/c1-5-20-18(22-13-17(26)24-19(2,3)4)21-11-15-12-23-25(14-15)16-9-7-6-8-10-16;/h6-10,12,14H,5,11,13H2,1-4H3,(H,24,26)(H2,20,21,22);1H. The van der Waals surface area contributed by atoms with Crippen LogP contribution in [0.4, 0.5) is 0 Å². The molecule has 0 aliphatic heterocycles. The molecule has 0 saturated carbocycles. The molecule has 2 aromatic rings. The number of halogens is 1. The van der Waals surface area contributed by atoms with Crippen LogP contribution in [0.15, 0.2) is 47.7 Å². The first kappa shape index (κ1) is 22.9. The molecule has 0 unspecified atom stereocenters. The third-order valence-corrected chi connectivity index (χ3v) is 3.35. The molecule has 7 nitrogen and oxygen atoms in total. The summed E-state index contributed by atoms with van der Waals surface area (Å²) in [5, 5.41) is 13.5. The molecule has 3 N–H and O–H groups in total. The molecule has 2 rings (SSSR count). The maximum Gasteiger partial charge on any atom is 0.239 e. The van der Waals surface area contributed by atoms with Crippen molar-refractivity contribution in [3.63, 3.8) is 0 Å². The topological polar surface area (TPSA) is 83.3 Å². The van der Waals surface area contributed by atoms with Crippen LogP contribution in [0.3, 0.4) is 0 Å². The number of nitrogens with one attached hydrogen (secondary N) is 3. The Balaban J connectivity index is 0.00000364. The van der Waals surface area contributed by atoms with Gasteiger partial charge in [0, 0.05) is 23.8 Å². The van der Waals surface area contributed by atoms with E-state index in [9.17, 15) is 4.79 Å². The molecule has 0 radical (unpaired) electrons. The highest BCUT2D eigenvalue weighted by atomic mass is 127. The second-order valence-electron chi connectivity index (χ2n) is 6.98. The van der Waals surface area contributed by atoms with Crippen LogP contribution in [0.5, 0.6) is 0 Å².